The van der Waals surface area contributed by atoms with Gasteiger partial charge in [0.1, 0.15) is 24.2 Å². The van der Waals surface area contributed by atoms with Gasteiger partial charge in [0.05, 0.1) is 12.3 Å². The Labute approximate surface area is 119 Å². The van der Waals surface area contributed by atoms with Crippen molar-refractivity contribution in [3.05, 3.63) is 54.4 Å². The topological polar surface area (TPSA) is 51.6 Å². The molecule has 0 radical (unpaired) electrons. The van der Waals surface area contributed by atoms with Crippen LogP contribution in [0.3, 0.4) is 0 Å². The molecule has 1 unspecified atom stereocenters. The van der Waals surface area contributed by atoms with Crippen LogP contribution in [0, 0.1) is 0 Å². The average Bonchev–Trinajstić information content (AvgIpc) is 2.45. The summed E-state index contributed by atoms with van der Waals surface area (Å²) in [4.78, 5) is 4.07. The van der Waals surface area contributed by atoms with Crippen molar-refractivity contribution in [3.8, 4) is 11.5 Å². The Balaban J connectivity index is 1.96. The summed E-state index contributed by atoms with van der Waals surface area (Å²) in [5, 5.41) is 10.1. The normalized spacial score (nSPS) is 12.2. The fraction of sp³-hybridized carbons (Fsp3) is 0.312. The van der Waals surface area contributed by atoms with E-state index in [2.05, 4.69) is 4.98 Å². The fourth-order valence-corrected chi connectivity index (χ4v) is 1.74. The van der Waals surface area contributed by atoms with Crippen LogP contribution in [-0.4, -0.2) is 22.8 Å². The number of hydrogen-bond acceptors (Lipinski definition) is 4. The number of pyridine rings is 1. The minimum Gasteiger partial charge on any atom is -0.491 e. The Morgan fingerprint density at radius 1 is 1.10 bits per heavy atom. The summed E-state index contributed by atoms with van der Waals surface area (Å²) in [6.45, 7) is 4.07. The van der Waals surface area contributed by atoms with Gasteiger partial charge >= 0.3 is 0 Å². The van der Waals surface area contributed by atoms with Crippen LogP contribution in [0.5, 0.6) is 11.5 Å². The van der Waals surface area contributed by atoms with Crippen LogP contribution in [-0.2, 0) is 0 Å². The van der Waals surface area contributed by atoms with E-state index in [0.717, 1.165) is 5.75 Å². The molecule has 0 spiro atoms. The largest absolute Gasteiger partial charge is 0.491 e. The van der Waals surface area contributed by atoms with Gasteiger partial charge in [0.25, 0.3) is 0 Å². The van der Waals surface area contributed by atoms with Crippen molar-refractivity contribution >= 4 is 0 Å². The highest BCUT2D eigenvalue weighted by molar-refractivity contribution is 5.26. The first-order valence-corrected chi connectivity index (χ1v) is 6.62. The minimum absolute atomic E-state index is 0.0739. The molecule has 1 aromatic heterocycles. The Hall–Kier alpha value is -2.07. The second-order valence-corrected chi connectivity index (χ2v) is 4.76. The van der Waals surface area contributed by atoms with E-state index >= 15 is 0 Å². The summed E-state index contributed by atoms with van der Waals surface area (Å²) in [6.07, 6.45) is 2.59. The Morgan fingerprint density at radius 2 is 1.85 bits per heavy atom. The van der Waals surface area contributed by atoms with Crippen LogP contribution >= 0.6 is 0 Å². The highest BCUT2D eigenvalue weighted by atomic mass is 16.5. The van der Waals surface area contributed by atoms with Crippen molar-refractivity contribution in [1.29, 1.82) is 0 Å². The van der Waals surface area contributed by atoms with Gasteiger partial charge < -0.3 is 14.6 Å². The standard InChI is InChI=1S/C16H19NO3/c1-12(2)20-15-8-13(9-17-10-15)16(18)11-19-14-6-4-3-5-7-14/h3-10,12,16,18H,11H2,1-2H3. The number of rotatable bonds is 6. The van der Waals surface area contributed by atoms with Gasteiger partial charge in [-0.2, -0.15) is 0 Å². The third-order valence-corrected chi connectivity index (χ3v) is 2.64. The molecule has 106 valence electrons. The number of ether oxygens (including phenoxy) is 2. The molecular formula is C16H19NO3. The molecule has 0 fully saturated rings. The van der Waals surface area contributed by atoms with Crippen LogP contribution in [0.25, 0.3) is 0 Å². The molecular weight excluding hydrogens is 254 g/mol. The van der Waals surface area contributed by atoms with Gasteiger partial charge in [-0.3, -0.25) is 4.98 Å². The van der Waals surface area contributed by atoms with E-state index in [1.807, 2.05) is 44.2 Å². The maximum absolute atomic E-state index is 10.1. The molecule has 1 atom stereocenters. The first-order valence-electron chi connectivity index (χ1n) is 6.62. The Morgan fingerprint density at radius 3 is 2.55 bits per heavy atom. The van der Waals surface area contributed by atoms with Gasteiger partial charge in [0, 0.05) is 11.8 Å². The second-order valence-electron chi connectivity index (χ2n) is 4.76. The fourth-order valence-electron chi connectivity index (χ4n) is 1.74. The molecule has 1 aromatic carbocycles. The van der Waals surface area contributed by atoms with Crippen LogP contribution in [0.1, 0.15) is 25.5 Å². The predicted octanol–water partition coefficient (Wildman–Crippen LogP) is 2.98. The zero-order chi connectivity index (χ0) is 14.4. The van der Waals surface area contributed by atoms with Crippen LogP contribution in [0.15, 0.2) is 48.8 Å². The monoisotopic (exact) mass is 273 g/mol. The molecule has 1 N–H and O–H groups in total. The maximum Gasteiger partial charge on any atom is 0.138 e. The molecule has 4 heteroatoms. The molecule has 0 saturated heterocycles. The molecule has 4 nitrogen and oxygen atoms in total. The number of benzene rings is 1. The van der Waals surface area contributed by atoms with Crippen LogP contribution in [0.4, 0.5) is 0 Å². The minimum atomic E-state index is -0.738. The molecule has 0 aliphatic heterocycles. The number of aliphatic hydroxyl groups excluding tert-OH is 1. The first kappa shape index (κ1) is 14.3. The zero-order valence-electron chi connectivity index (χ0n) is 11.7. The van der Waals surface area contributed by atoms with Gasteiger partial charge in [0.2, 0.25) is 0 Å². The molecule has 2 rings (SSSR count). The van der Waals surface area contributed by atoms with E-state index in [9.17, 15) is 5.11 Å². The lowest BCUT2D eigenvalue weighted by atomic mass is 10.2. The van der Waals surface area contributed by atoms with Gasteiger partial charge in [-0.05, 0) is 32.0 Å². The van der Waals surface area contributed by atoms with Gasteiger partial charge in [-0.15, -0.1) is 0 Å². The summed E-state index contributed by atoms with van der Waals surface area (Å²) in [7, 11) is 0. The summed E-state index contributed by atoms with van der Waals surface area (Å²) in [6, 6.07) is 11.2. The van der Waals surface area contributed by atoms with Gasteiger partial charge in [0.15, 0.2) is 0 Å². The van der Waals surface area contributed by atoms with Crippen molar-refractivity contribution in [3.63, 3.8) is 0 Å². The van der Waals surface area contributed by atoms with Crippen molar-refractivity contribution < 1.29 is 14.6 Å². The van der Waals surface area contributed by atoms with Crippen LogP contribution < -0.4 is 9.47 Å². The summed E-state index contributed by atoms with van der Waals surface area (Å²) in [5.74, 6) is 1.38. The molecule has 1 heterocycles. The van der Waals surface area contributed by atoms with Crippen molar-refractivity contribution in [2.75, 3.05) is 6.61 Å². The highest BCUT2D eigenvalue weighted by Crippen LogP contribution is 2.20. The third-order valence-electron chi connectivity index (χ3n) is 2.64. The van der Waals surface area contributed by atoms with E-state index in [-0.39, 0.29) is 12.7 Å². The summed E-state index contributed by atoms with van der Waals surface area (Å²) >= 11 is 0. The molecule has 20 heavy (non-hydrogen) atoms. The lowest BCUT2D eigenvalue weighted by Gasteiger charge is -2.14. The molecule has 2 aromatic rings. The van der Waals surface area contributed by atoms with Crippen molar-refractivity contribution in [2.45, 2.75) is 26.1 Å². The third kappa shape index (κ3) is 4.24. The Bertz CT molecular complexity index is 528. The van der Waals surface area contributed by atoms with Gasteiger partial charge in [-0.1, -0.05) is 18.2 Å². The number of aromatic nitrogens is 1. The van der Waals surface area contributed by atoms with E-state index in [4.69, 9.17) is 9.47 Å². The number of nitrogens with zero attached hydrogens (tertiary/aromatic N) is 1. The molecule has 0 aliphatic rings. The van der Waals surface area contributed by atoms with Crippen molar-refractivity contribution in [2.24, 2.45) is 0 Å². The van der Waals surface area contributed by atoms with Crippen molar-refractivity contribution in [1.82, 2.24) is 4.98 Å². The smallest absolute Gasteiger partial charge is 0.138 e. The zero-order valence-corrected chi connectivity index (χ0v) is 11.7. The van der Waals surface area contributed by atoms with Crippen LogP contribution in [0.2, 0.25) is 0 Å². The van der Waals surface area contributed by atoms with E-state index in [1.165, 1.54) is 0 Å². The highest BCUT2D eigenvalue weighted by Gasteiger charge is 2.10. The first-order chi connectivity index (χ1) is 9.65. The molecule has 0 bridgehead atoms. The van der Waals surface area contributed by atoms with E-state index in [1.54, 1.807) is 18.5 Å². The average molecular weight is 273 g/mol. The predicted molar refractivity (Wildman–Crippen MR) is 76.9 cm³/mol. The van der Waals surface area contributed by atoms with Gasteiger partial charge in [-0.25, -0.2) is 0 Å². The quantitative estimate of drug-likeness (QED) is 0.879. The SMILES string of the molecule is CC(C)Oc1cncc(C(O)COc2ccccc2)c1. The Kier molecular flexibility index (Phi) is 4.96. The number of hydrogen-bond donors (Lipinski definition) is 1. The summed E-state index contributed by atoms with van der Waals surface area (Å²) < 4.78 is 11.1. The molecule has 0 aliphatic carbocycles. The maximum atomic E-state index is 10.1. The van der Waals surface area contributed by atoms with E-state index in [0.29, 0.717) is 11.3 Å². The molecule has 0 amide bonds. The van der Waals surface area contributed by atoms with E-state index < -0.39 is 6.10 Å². The number of para-hydroxylation sites is 1. The lowest BCUT2D eigenvalue weighted by Crippen LogP contribution is -2.11. The second kappa shape index (κ2) is 6.91. The lowest BCUT2D eigenvalue weighted by molar-refractivity contribution is 0.107. The molecule has 0 saturated carbocycles. The summed E-state index contributed by atoms with van der Waals surface area (Å²) in [5.41, 5.74) is 0.680. The number of aliphatic hydroxyl groups is 1.